The van der Waals surface area contributed by atoms with E-state index in [1.807, 2.05) is 30.3 Å². The van der Waals surface area contributed by atoms with Gasteiger partial charge in [0.05, 0.1) is 4.90 Å². The Morgan fingerprint density at radius 1 is 0.931 bits per heavy atom. The molecule has 0 atom stereocenters. The number of sulfonamides is 1. The number of hydrogen-bond donors (Lipinski definition) is 0. The molecule has 0 aromatic heterocycles. The molecule has 0 bridgehead atoms. The summed E-state index contributed by atoms with van der Waals surface area (Å²) in [7, 11) is -3.45. The van der Waals surface area contributed by atoms with Crippen molar-refractivity contribution in [2.75, 3.05) is 39.4 Å². The van der Waals surface area contributed by atoms with E-state index in [4.69, 9.17) is 9.47 Å². The highest BCUT2D eigenvalue weighted by Gasteiger charge is 2.29. The van der Waals surface area contributed by atoms with Crippen LogP contribution in [0.2, 0.25) is 0 Å². The van der Waals surface area contributed by atoms with E-state index in [0.717, 1.165) is 29.2 Å². The fraction of sp³-hybridized carbons (Fsp3) is 0.455. The van der Waals surface area contributed by atoms with E-state index in [2.05, 4.69) is 18.7 Å². The molecule has 1 fully saturated rings. The summed E-state index contributed by atoms with van der Waals surface area (Å²) in [6.45, 7) is 8.41. The zero-order valence-electron chi connectivity index (χ0n) is 17.0. The lowest BCUT2D eigenvalue weighted by Crippen LogP contribution is -2.48. The van der Waals surface area contributed by atoms with Gasteiger partial charge >= 0.3 is 0 Å². The number of para-hydroxylation sites is 1. The van der Waals surface area contributed by atoms with E-state index in [1.165, 1.54) is 0 Å². The summed E-state index contributed by atoms with van der Waals surface area (Å²) in [6.07, 6.45) is 0. The Labute approximate surface area is 173 Å². The van der Waals surface area contributed by atoms with Gasteiger partial charge in [-0.1, -0.05) is 38.1 Å². The van der Waals surface area contributed by atoms with E-state index < -0.39 is 10.0 Å². The second-order valence-corrected chi connectivity index (χ2v) is 9.78. The quantitative estimate of drug-likeness (QED) is 0.750. The highest BCUT2D eigenvalue weighted by Crippen LogP contribution is 2.34. The molecule has 0 unspecified atom stereocenters. The molecule has 0 spiro atoms. The normalized spacial score (nSPS) is 18.2. The number of ether oxygens (including phenoxy) is 2. The molecule has 0 aliphatic carbocycles. The van der Waals surface area contributed by atoms with Gasteiger partial charge in [-0.2, -0.15) is 4.31 Å². The van der Waals surface area contributed by atoms with Crippen molar-refractivity contribution in [3.8, 4) is 11.5 Å². The van der Waals surface area contributed by atoms with Gasteiger partial charge in [0.1, 0.15) is 13.2 Å². The average molecular weight is 417 g/mol. The van der Waals surface area contributed by atoms with E-state index in [0.29, 0.717) is 50.2 Å². The number of benzene rings is 2. The first-order valence-corrected chi connectivity index (χ1v) is 11.6. The van der Waals surface area contributed by atoms with Gasteiger partial charge in [0, 0.05) is 38.3 Å². The average Bonchev–Trinajstić information content (AvgIpc) is 2.74. The Kier molecular flexibility index (Phi) is 5.81. The maximum absolute atomic E-state index is 13.0. The van der Waals surface area contributed by atoms with Crippen LogP contribution in [0.25, 0.3) is 0 Å². The molecular weight excluding hydrogens is 388 g/mol. The van der Waals surface area contributed by atoms with Crippen LogP contribution in [-0.4, -0.2) is 57.0 Å². The number of nitrogens with zero attached hydrogens (tertiary/aromatic N) is 2. The summed E-state index contributed by atoms with van der Waals surface area (Å²) in [5, 5.41) is 0. The summed E-state index contributed by atoms with van der Waals surface area (Å²) < 4.78 is 39.0. The number of fused-ring (bicyclic) bond motifs is 1. The van der Waals surface area contributed by atoms with Crippen LogP contribution < -0.4 is 9.47 Å². The molecule has 0 saturated carbocycles. The van der Waals surface area contributed by atoms with Crippen molar-refractivity contribution in [1.29, 1.82) is 0 Å². The maximum Gasteiger partial charge on any atom is 0.243 e. The Hall–Kier alpha value is -2.09. The predicted octanol–water partition coefficient (Wildman–Crippen LogP) is 3.09. The Morgan fingerprint density at radius 3 is 2.31 bits per heavy atom. The lowest BCUT2D eigenvalue weighted by atomic mass is 10.0. The molecule has 156 valence electrons. The monoisotopic (exact) mass is 416 g/mol. The summed E-state index contributed by atoms with van der Waals surface area (Å²) in [4.78, 5) is 2.64. The summed E-state index contributed by atoms with van der Waals surface area (Å²) >= 11 is 0. The minimum absolute atomic E-state index is 0.373. The van der Waals surface area contributed by atoms with Gasteiger partial charge in [0.25, 0.3) is 0 Å². The van der Waals surface area contributed by atoms with Crippen molar-refractivity contribution in [2.24, 2.45) is 0 Å². The first-order valence-electron chi connectivity index (χ1n) is 10.1. The van der Waals surface area contributed by atoms with Crippen LogP contribution in [0, 0.1) is 0 Å². The molecule has 2 aliphatic heterocycles. The first-order chi connectivity index (χ1) is 13.9. The third kappa shape index (κ3) is 4.27. The van der Waals surface area contributed by atoms with Gasteiger partial charge in [0.15, 0.2) is 11.5 Å². The third-order valence-corrected chi connectivity index (χ3v) is 7.47. The Bertz CT molecular complexity index is 949. The summed E-state index contributed by atoms with van der Waals surface area (Å²) in [5.41, 5.74) is 2.23. The predicted molar refractivity (Wildman–Crippen MR) is 112 cm³/mol. The van der Waals surface area contributed by atoms with Crippen LogP contribution in [0.1, 0.15) is 30.9 Å². The smallest absolute Gasteiger partial charge is 0.243 e. The zero-order valence-corrected chi connectivity index (χ0v) is 17.8. The van der Waals surface area contributed by atoms with Gasteiger partial charge in [-0.3, -0.25) is 4.90 Å². The number of hydrogen-bond acceptors (Lipinski definition) is 5. The van der Waals surface area contributed by atoms with E-state index >= 15 is 0 Å². The third-order valence-electron chi connectivity index (χ3n) is 5.56. The minimum Gasteiger partial charge on any atom is -0.486 e. The van der Waals surface area contributed by atoms with Crippen molar-refractivity contribution < 1.29 is 17.9 Å². The molecule has 0 radical (unpaired) electrons. The van der Waals surface area contributed by atoms with E-state index in [-0.39, 0.29) is 0 Å². The summed E-state index contributed by atoms with van der Waals surface area (Å²) in [6, 6.07) is 13.2. The van der Waals surface area contributed by atoms with Crippen molar-refractivity contribution in [3.05, 3.63) is 53.6 Å². The molecule has 1 saturated heterocycles. The zero-order chi connectivity index (χ0) is 20.4. The molecule has 2 heterocycles. The van der Waals surface area contributed by atoms with Crippen LogP contribution in [0.15, 0.2) is 47.4 Å². The van der Waals surface area contributed by atoms with Crippen molar-refractivity contribution in [3.63, 3.8) is 0 Å². The minimum atomic E-state index is -3.45. The second-order valence-electron chi connectivity index (χ2n) is 7.85. The number of piperazine rings is 1. The van der Waals surface area contributed by atoms with Gasteiger partial charge in [-0.15, -0.1) is 0 Å². The van der Waals surface area contributed by atoms with Crippen molar-refractivity contribution in [1.82, 2.24) is 9.21 Å². The number of rotatable bonds is 5. The van der Waals surface area contributed by atoms with Gasteiger partial charge < -0.3 is 9.47 Å². The van der Waals surface area contributed by atoms with Crippen molar-refractivity contribution in [2.45, 2.75) is 31.2 Å². The largest absolute Gasteiger partial charge is 0.486 e. The summed E-state index contributed by atoms with van der Waals surface area (Å²) in [5.74, 6) is 1.99. The van der Waals surface area contributed by atoms with E-state index in [9.17, 15) is 8.42 Å². The lowest BCUT2D eigenvalue weighted by Gasteiger charge is -2.34. The van der Waals surface area contributed by atoms with Crippen LogP contribution >= 0.6 is 0 Å². The van der Waals surface area contributed by atoms with Gasteiger partial charge in [-0.05, 0) is 29.7 Å². The molecule has 7 heteroatoms. The highest BCUT2D eigenvalue weighted by molar-refractivity contribution is 7.89. The topological polar surface area (TPSA) is 59.1 Å². The molecule has 6 nitrogen and oxygen atoms in total. The molecule has 0 amide bonds. The van der Waals surface area contributed by atoms with Crippen molar-refractivity contribution >= 4 is 10.0 Å². The molecule has 0 N–H and O–H groups in total. The first kappa shape index (κ1) is 20.2. The molecule has 29 heavy (non-hydrogen) atoms. The molecule has 2 aromatic rings. The van der Waals surface area contributed by atoms with E-state index in [1.54, 1.807) is 16.4 Å². The SMILES string of the molecule is CC(C)c1ccc(S(=O)(=O)N2CCN(Cc3cccc4c3OCCO4)CC2)cc1. The highest BCUT2D eigenvalue weighted by atomic mass is 32.2. The van der Waals surface area contributed by atoms with Crippen LogP contribution in [-0.2, 0) is 16.6 Å². The molecular formula is C22H28N2O4S. The lowest BCUT2D eigenvalue weighted by molar-refractivity contribution is 0.158. The second kappa shape index (κ2) is 8.34. The van der Waals surface area contributed by atoms with Gasteiger partial charge in [-0.25, -0.2) is 8.42 Å². The van der Waals surface area contributed by atoms with Crippen LogP contribution in [0.4, 0.5) is 0 Å². The van der Waals surface area contributed by atoms with Crippen LogP contribution in [0.3, 0.4) is 0 Å². The molecule has 4 rings (SSSR count). The maximum atomic E-state index is 13.0. The van der Waals surface area contributed by atoms with Gasteiger partial charge in [0.2, 0.25) is 10.0 Å². The fourth-order valence-electron chi connectivity index (χ4n) is 3.80. The fourth-order valence-corrected chi connectivity index (χ4v) is 5.22. The Balaban J connectivity index is 1.40. The molecule has 2 aromatic carbocycles. The van der Waals surface area contributed by atoms with Crippen LogP contribution in [0.5, 0.6) is 11.5 Å². The molecule has 2 aliphatic rings. The Morgan fingerprint density at radius 2 is 1.62 bits per heavy atom. The standard InChI is InChI=1S/C22H28N2O4S/c1-17(2)18-6-8-20(9-7-18)29(25,26)24-12-10-23(11-13-24)16-19-4-3-5-21-22(19)28-15-14-27-21/h3-9,17H,10-16H2,1-2H3.